The fourth-order valence-corrected chi connectivity index (χ4v) is 4.03. The van der Waals surface area contributed by atoms with Crippen LogP contribution in [-0.2, 0) is 11.2 Å². The van der Waals surface area contributed by atoms with Crippen LogP contribution in [0.15, 0.2) is 36.4 Å². The van der Waals surface area contributed by atoms with Crippen LogP contribution < -0.4 is 24.4 Å². The van der Waals surface area contributed by atoms with Crippen LogP contribution in [0.2, 0.25) is 0 Å². The van der Waals surface area contributed by atoms with Crippen LogP contribution in [0.3, 0.4) is 0 Å². The molecule has 5 rings (SSSR count). The highest BCUT2D eigenvalue weighted by atomic mass is 16.6. The summed E-state index contributed by atoms with van der Waals surface area (Å²) in [6.07, 6.45) is 0.952. The van der Waals surface area contributed by atoms with Crippen molar-refractivity contribution in [3.63, 3.8) is 0 Å². The number of nitrogens with zero attached hydrogens (tertiary/aromatic N) is 2. The molecular formula is C22H25N3O4. The molecule has 1 fully saturated rings. The molecule has 0 atom stereocenters. The molecule has 1 amide bonds. The van der Waals surface area contributed by atoms with Crippen LogP contribution in [0.25, 0.3) is 0 Å². The predicted octanol–water partition coefficient (Wildman–Crippen LogP) is 2.15. The molecule has 3 aliphatic heterocycles. The zero-order valence-electron chi connectivity index (χ0n) is 16.4. The monoisotopic (exact) mass is 395 g/mol. The minimum atomic E-state index is -0.0927. The van der Waals surface area contributed by atoms with E-state index in [4.69, 9.17) is 14.2 Å². The Hall–Kier alpha value is -2.93. The normalized spacial score (nSPS) is 18.6. The summed E-state index contributed by atoms with van der Waals surface area (Å²) in [7, 11) is 0. The quantitative estimate of drug-likeness (QED) is 0.856. The van der Waals surface area contributed by atoms with Gasteiger partial charge >= 0.3 is 0 Å². The molecule has 7 nitrogen and oxygen atoms in total. The molecule has 3 heterocycles. The maximum Gasteiger partial charge on any atom is 0.262 e. The lowest BCUT2D eigenvalue weighted by Crippen LogP contribution is -2.47. The van der Waals surface area contributed by atoms with Gasteiger partial charge in [-0.15, -0.1) is 0 Å². The number of nitrogens with one attached hydrogen (secondary N) is 1. The summed E-state index contributed by atoms with van der Waals surface area (Å²) in [6, 6.07) is 12.3. The van der Waals surface area contributed by atoms with Gasteiger partial charge in [0.1, 0.15) is 19.0 Å². The highest BCUT2D eigenvalue weighted by molar-refractivity contribution is 5.95. The molecule has 152 valence electrons. The fraction of sp³-hybridized carbons (Fsp3) is 0.409. The number of amides is 1. The van der Waals surface area contributed by atoms with E-state index in [0.717, 1.165) is 62.1 Å². The van der Waals surface area contributed by atoms with Gasteiger partial charge in [0.15, 0.2) is 18.1 Å². The second-order valence-corrected chi connectivity index (χ2v) is 7.57. The molecule has 29 heavy (non-hydrogen) atoms. The Morgan fingerprint density at radius 3 is 2.52 bits per heavy atom. The first-order valence-electron chi connectivity index (χ1n) is 10.2. The van der Waals surface area contributed by atoms with Crippen molar-refractivity contribution in [3.8, 4) is 17.2 Å². The van der Waals surface area contributed by atoms with Crippen molar-refractivity contribution in [2.75, 3.05) is 62.8 Å². The highest BCUT2D eigenvalue weighted by Crippen LogP contribution is 2.34. The maximum absolute atomic E-state index is 11.5. The van der Waals surface area contributed by atoms with Crippen molar-refractivity contribution in [2.45, 2.75) is 6.42 Å². The van der Waals surface area contributed by atoms with Crippen molar-refractivity contribution < 1.29 is 19.0 Å². The summed E-state index contributed by atoms with van der Waals surface area (Å²) in [5.41, 5.74) is 3.19. The highest BCUT2D eigenvalue weighted by Gasteiger charge is 2.20. The molecular weight excluding hydrogens is 370 g/mol. The number of fused-ring (bicyclic) bond motifs is 2. The Morgan fingerprint density at radius 2 is 1.66 bits per heavy atom. The number of carbonyl (C=O) groups excluding carboxylic acids is 1. The van der Waals surface area contributed by atoms with E-state index >= 15 is 0 Å². The first-order valence-corrected chi connectivity index (χ1v) is 10.2. The number of hydrogen-bond acceptors (Lipinski definition) is 6. The summed E-state index contributed by atoms with van der Waals surface area (Å²) < 4.78 is 16.8. The summed E-state index contributed by atoms with van der Waals surface area (Å²) in [6.45, 7) is 6.37. The van der Waals surface area contributed by atoms with E-state index in [2.05, 4.69) is 33.3 Å². The minimum absolute atomic E-state index is 0.0927. The molecule has 3 aliphatic rings. The van der Waals surface area contributed by atoms with Crippen LogP contribution >= 0.6 is 0 Å². The molecule has 0 aliphatic carbocycles. The summed E-state index contributed by atoms with van der Waals surface area (Å²) in [4.78, 5) is 16.4. The van der Waals surface area contributed by atoms with E-state index in [1.807, 2.05) is 18.2 Å². The number of hydrogen-bond donors (Lipinski definition) is 1. The number of piperazine rings is 1. The smallest absolute Gasteiger partial charge is 0.262 e. The molecule has 2 aromatic carbocycles. The van der Waals surface area contributed by atoms with Crippen LogP contribution in [-0.4, -0.2) is 63.4 Å². The Balaban J connectivity index is 1.15. The molecule has 0 unspecified atom stereocenters. The second-order valence-electron chi connectivity index (χ2n) is 7.57. The largest absolute Gasteiger partial charge is 0.486 e. The van der Waals surface area contributed by atoms with Crippen molar-refractivity contribution in [2.24, 2.45) is 0 Å². The van der Waals surface area contributed by atoms with Crippen molar-refractivity contribution >= 4 is 17.3 Å². The average molecular weight is 395 g/mol. The number of anilines is 2. The van der Waals surface area contributed by atoms with Crippen molar-refractivity contribution in [1.29, 1.82) is 0 Å². The third-order valence-corrected chi connectivity index (χ3v) is 5.66. The molecule has 7 heteroatoms. The third-order valence-electron chi connectivity index (χ3n) is 5.66. The zero-order chi connectivity index (χ0) is 19.6. The van der Waals surface area contributed by atoms with E-state index in [9.17, 15) is 4.79 Å². The van der Waals surface area contributed by atoms with E-state index in [-0.39, 0.29) is 12.5 Å². The molecule has 0 radical (unpaired) electrons. The number of benzene rings is 2. The summed E-state index contributed by atoms with van der Waals surface area (Å²) >= 11 is 0. The van der Waals surface area contributed by atoms with E-state index in [0.29, 0.717) is 13.2 Å². The SMILES string of the molecule is O=C1COc2ccc(CCN3CCN(c4ccc5c(c4)OCCO5)CC3)cc2N1. The third kappa shape index (κ3) is 3.96. The van der Waals surface area contributed by atoms with Crippen LogP contribution in [0.4, 0.5) is 11.4 Å². The van der Waals surface area contributed by atoms with E-state index in [1.54, 1.807) is 0 Å². The molecule has 0 saturated carbocycles. The molecule has 0 bridgehead atoms. The van der Waals surface area contributed by atoms with Crippen molar-refractivity contribution in [3.05, 3.63) is 42.0 Å². The molecule has 1 saturated heterocycles. The molecule has 1 N–H and O–H groups in total. The molecule has 2 aromatic rings. The van der Waals surface area contributed by atoms with Gasteiger partial charge in [0.25, 0.3) is 5.91 Å². The predicted molar refractivity (Wildman–Crippen MR) is 110 cm³/mol. The minimum Gasteiger partial charge on any atom is -0.486 e. The van der Waals surface area contributed by atoms with Gasteiger partial charge in [-0.2, -0.15) is 0 Å². The van der Waals surface area contributed by atoms with E-state index in [1.165, 1.54) is 11.3 Å². The van der Waals surface area contributed by atoms with Crippen molar-refractivity contribution in [1.82, 2.24) is 4.90 Å². The van der Waals surface area contributed by atoms with Gasteiger partial charge in [0.05, 0.1) is 5.69 Å². The summed E-state index contributed by atoms with van der Waals surface area (Å²) in [5.74, 6) is 2.34. The number of ether oxygens (including phenoxy) is 3. The van der Waals surface area contributed by atoms with Gasteiger partial charge in [0, 0.05) is 44.5 Å². The molecule has 0 spiro atoms. The fourth-order valence-electron chi connectivity index (χ4n) is 4.03. The van der Waals surface area contributed by atoms with Gasteiger partial charge < -0.3 is 24.4 Å². The first kappa shape index (κ1) is 18.1. The number of carbonyl (C=O) groups is 1. The van der Waals surface area contributed by atoms with Gasteiger partial charge in [0.2, 0.25) is 0 Å². The Morgan fingerprint density at radius 1 is 0.862 bits per heavy atom. The second kappa shape index (κ2) is 7.83. The summed E-state index contributed by atoms with van der Waals surface area (Å²) in [5, 5.41) is 2.88. The van der Waals surface area contributed by atoms with Crippen LogP contribution in [0.5, 0.6) is 17.2 Å². The first-order chi connectivity index (χ1) is 14.2. The Kier molecular flexibility index (Phi) is 4.89. The molecule has 0 aromatic heterocycles. The lowest BCUT2D eigenvalue weighted by atomic mass is 10.1. The average Bonchev–Trinajstić information content (AvgIpc) is 2.77. The van der Waals surface area contributed by atoms with Gasteiger partial charge in [-0.1, -0.05) is 6.07 Å². The van der Waals surface area contributed by atoms with Crippen LogP contribution in [0, 0.1) is 0 Å². The number of rotatable bonds is 4. The lowest BCUT2D eigenvalue weighted by molar-refractivity contribution is -0.118. The van der Waals surface area contributed by atoms with Gasteiger partial charge in [-0.25, -0.2) is 0 Å². The lowest BCUT2D eigenvalue weighted by Gasteiger charge is -2.36. The Labute approximate surface area is 170 Å². The van der Waals surface area contributed by atoms with Gasteiger partial charge in [-0.05, 0) is 36.2 Å². The Bertz CT molecular complexity index is 909. The standard InChI is InChI=1S/C22H25N3O4/c26-22-15-29-19-3-1-16(13-18(19)23-22)5-6-24-7-9-25(10-8-24)17-2-4-20-21(14-17)28-12-11-27-20/h1-4,13-14H,5-12,15H2,(H,23,26). The zero-order valence-corrected chi connectivity index (χ0v) is 16.4. The van der Waals surface area contributed by atoms with Gasteiger partial charge in [-0.3, -0.25) is 9.69 Å². The van der Waals surface area contributed by atoms with Crippen LogP contribution in [0.1, 0.15) is 5.56 Å². The van der Waals surface area contributed by atoms with E-state index < -0.39 is 0 Å². The topological polar surface area (TPSA) is 63.3 Å². The maximum atomic E-state index is 11.5.